The third kappa shape index (κ3) is 1.98. The van der Waals surface area contributed by atoms with Crippen LogP contribution in [-0.2, 0) is 6.54 Å². The monoisotopic (exact) mass is 182 g/mol. The minimum absolute atomic E-state index is 0.106. The number of nitrogens with zero attached hydrogens (tertiary/aromatic N) is 2. The van der Waals surface area contributed by atoms with E-state index in [9.17, 15) is 4.79 Å². The van der Waals surface area contributed by atoms with Gasteiger partial charge in [-0.2, -0.15) is 5.10 Å². The lowest BCUT2D eigenvalue weighted by Gasteiger charge is -2.22. The Kier molecular flexibility index (Phi) is 2.44. The summed E-state index contributed by atoms with van der Waals surface area (Å²) in [5.41, 5.74) is -0.106. The molecule has 1 saturated heterocycles. The van der Waals surface area contributed by atoms with Crippen LogP contribution >= 0.6 is 0 Å². The van der Waals surface area contributed by atoms with Crippen molar-refractivity contribution in [2.75, 3.05) is 13.1 Å². The molecule has 2 rings (SSSR count). The van der Waals surface area contributed by atoms with Gasteiger partial charge in [-0.1, -0.05) is 0 Å². The van der Waals surface area contributed by atoms with Gasteiger partial charge in [-0.05, 0) is 31.8 Å². The Morgan fingerprint density at radius 1 is 1.69 bits per heavy atom. The maximum Gasteiger partial charge on any atom is 0.343 e. The number of aromatic amines is 1. The van der Waals surface area contributed by atoms with Crippen LogP contribution in [0.25, 0.3) is 0 Å². The van der Waals surface area contributed by atoms with Crippen LogP contribution in [0.4, 0.5) is 0 Å². The molecule has 5 heteroatoms. The summed E-state index contributed by atoms with van der Waals surface area (Å²) in [4.78, 5) is 11.1. The fourth-order valence-corrected chi connectivity index (χ4v) is 1.76. The Labute approximate surface area is 76.2 Å². The van der Waals surface area contributed by atoms with E-state index in [1.165, 1.54) is 12.8 Å². The topological polar surface area (TPSA) is 62.7 Å². The highest BCUT2D eigenvalue weighted by molar-refractivity contribution is 4.72. The predicted octanol–water partition coefficient (Wildman–Crippen LogP) is -0.429. The molecule has 0 amide bonds. The van der Waals surface area contributed by atoms with Crippen LogP contribution in [0, 0.1) is 5.92 Å². The lowest BCUT2D eigenvalue weighted by atomic mass is 10.00. The molecule has 2 N–H and O–H groups in total. The van der Waals surface area contributed by atoms with Gasteiger partial charge in [0.05, 0.1) is 0 Å². The molecule has 1 aliphatic heterocycles. The summed E-state index contributed by atoms with van der Waals surface area (Å²) in [6.45, 7) is 2.90. The molecule has 0 aliphatic carbocycles. The Bertz CT molecular complexity index is 310. The van der Waals surface area contributed by atoms with E-state index in [0.717, 1.165) is 19.6 Å². The molecule has 1 aliphatic rings. The van der Waals surface area contributed by atoms with Crippen molar-refractivity contribution in [3.05, 3.63) is 16.8 Å². The van der Waals surface area contributed by atoms with Gasteiger partial charge in [-0.3, -0.25) is 4.57 Å². The molecule has 2 heterocycles. The maximum absolute atomic E-state index is 11.1. The molecule has 0 spiro atoms. The van der Waals surface area contributed by atoms with Crippen LogP contribution in [0.5, 0.6) is 0 Å². The molecule has 1 aromatic rings. The zero-order chi connectivity index (χ0) is 9.10. The van der Waals surface area contributed by atoms with E-state index in [2.05, 4.69) is 15.5 Å². The predicted molar refractivity (Wildman–Crippen MR) is 48.4 cm³/mol. The van der Waals surface area contributed by atoms with Crippen molar-refractivity contribution in [2.45, 2.75) is 19.4 Å². The van der Waals surface area contributed by atoms with Gasteiger partial charge in [0.15, 0.2) is 0 Å². The number of aromatic nitrogens is 3. The fourth-order valence-electron chi connectivity index (χ4n) is 1.76. The van der Waals surface area contributed by atoms with Crippen molar-refractivity contribution in [2.24, 2.45) is 5.92 Å². The smallest absolute Gasteiger partial charge is 0.316 e. The summed E-state index contributed by atoms with van der Waals surface area (Å²) < 4.78 is 1.64. The van der Waals surface area contributed by atoms with Gasteiger partial charge in [0.1, 0.15) is 6.33 Å². The quantitative estimate of drug-likeness (QED) is 0.652. The van der Waals surface area contributed by atoms with Gasteiger partial charge in [0.25, 0.3) is 0 Å². The van der Waals surface area contributed by atoms with Gasteiger partial charge in [0.2, 0.25) is 0 Å². The number of nitrogens with one attached hydrogen (secondary N) is 2. The lowest BCUT2D eigenvalue weighted by molar-refractivity contribution is 0.334. The van der Waals surface area contributed by atoms with Gasteiger partial charge >= 0.3 is 5.69 Å². The Morgan fingerprint density at radius 3 is 3.23 bits per heavy atom. The van der Waals surface area contributed by atoms with Crippen molar-refractivity contribution in [3.8, 4) is 0 Å². The first-order valence-electron chi connectivity index (χ1n) is 4.67. The van der Waals surface area contributed by atoms with Crippen molar-refractivity contribution < 1.29 is 0 Å². The summed E-state index contributed by atoms with van der Waals surface area (Å²) in [5.74, 6) is 0.573. The Balaban J connectivity index is 1.97. The highest BCUT2D eigenvalue weighted by Gasteiger charge is 2.13. The van der Waals surface area contributed by atoms with Gasteiger partial charge in [-0.15, -0.1) is 0 Å². The van der Waals surface area contributed by atoms with E-state index in [1.807, 2.05) is 0 Å². The standard InChI is InChI=1S/C8H14N4O/c13-8-11-10-6-12(8)5-7-2-1-3-9-4-7/h6-7,9H,1-5H2,(H,11,13). The molecular formula is C8H14N4O. The maximum atomic E-state index is 11.1. The van der Waals surface area contributed by atoms with Crippen LogP contribution in [-0.4, -0.2) is 27.9 Å². The van der Waals surface area contributed by atoms with E-state index in [-0.39, 0.29) is 5.69 Å². The minimum Gasteiger partial charge on any atom is -0.316 e. The Morgan fingerprint density at radius 2 is 2.62 bits per heavy atom. The third-order valence-corrected chi connectivity index (χ3v) is 2.47. The van der Waals surface area contributed by atoms with E-state index < -0.39 is 0 Å². The number of H-pyrrole nitrogens is 1. The first-order chi connectivity index (χ1) is 6.36. The number of hydrogen-bond acceptors (Lipinski definition) is 3. The summed E-state index contributed by atoms with van der Waals surface area (Å²) in [7, 11) is 0. The molecule has 5 nitrogen and oxygen atoms in total. The van der Waals surface area contributed by atoms with Crippen LogP contribution in [0.3, 0.4) is 0 Å². The van der Waals surface area contributed by atoms with E-state index >= 15 is 0 Å². The highest BCUT2D eigenvalue weighted by Crippen LogP contribution is 2.10. The molecule has 1 fully saturated rings. The second-order valence-electron chi connectivity index (χ2n) is 3.53. The fraction of sp³-hybridized carbons (Fsp3) is 0.750. The molecule has 72 valence electrons. The average molecular weight is 182 g/mol. The van der Waals surface area contributed by atoms with Gasteiger partial charge in [0, 0.05) is 6.54 Å². The second kappa shape index (κ2) is 3.74. The van der Waals surface area contributed by atoms with Gasteiger partial charge < -0.3 is 5.32 Å². The summed E-state index contributed by atoms with van der Waals surface area (Å²) in [6.07, 6.45) is 3.97. The molecule has 0 radical (unpaired) electrons. The summed E-state index contributed by atoms with van der Waals surface area (Å²) in [5, 5.41) is 9.41. The second-order valence-corrected chi connectivity index (χ2v) is 3.53. The van der Waals surface area contributed by atoms with E-state index in [4.69, 9.17) is 0 Å². The molecule has 1 atom stereocenters. The lowest BCUT2D eigenvalue weighted by Crippen LogP contribution is -2.34. The first-order valence-corrected chi connectivity index (χ1v) is 4.67. The van der Waals surface area contributed by atoms with Crippen molar-refractivity contribution >= 4 is 0 Å². The molecule has 0 saturated carbocycles. The molecule has 0 aromatic carbocycles. The molecule has 1 aromatic heterocycles. The zero-order valence-electron chi connectivity index (χ0n) is 7.49. The summed E-state index contributed by atoms with van der Waals surface area (Å²) >= 11 is 0. The minimum atomic E-state index is -0.106. The van der Waals surface area contributed by atoms with Crippen LogP contribution in [0.15, 0.2) is 11.1 Å². The van der Waals surface area contributed by atoms with Crippen LogP contribution < -0.4 is 11.0 Å². The van der Waals surface area contributed by atoms with Crippen molar-refractivity contribution in [1.82, 2.24) is 20.1 Å². The SMILES string of the molecule is O=c1[nH]ncn1CC1CCCNC1. The first kappa shape index (κ1) is 8.50. The van der Waals surface area contributed by atoms with E-state index in [0.29, 0.717) is 5.92 Å². The normalized spacial score (nSPS) is 23.2. The average Bonchev–Trinajstić information content (AvgIpc) is 2.54. The zero-order valence-corrected chi connectivity index (χ0v) is 7.49. The molecule has 0 bridgehead atoms. The van der Waals surface area contributed by atoms with Gasteiger partial charge in [-0.25, -0.2) is 9.89 Å². The molecule has 13 heavy (non-hydrogen) atoms. The largest absolute Gasteiger partial charge is 0.343 e. The Hall–Kier alpha value is -1.10. The third-order valence-electron chi connectivity index (χ3n) is 2.47. The van der Waals surface area contributed by atoms with Crippen LogP contribution in [0.2, 0.25) is 0 Å². The highest BCUT2D eigenvalue weighted by atomic mass is 16.1. The molecule has 1 unspecified atom stereocenters. The number of piperidine rings is 1. The molecular weight excluding hydrogens is 168 g/mol. The van der Waals surface area contributed by atoms with E-state index in [1.54, 1.807) is 10.9 Å². The summed E-state index contributed by atoms with van der Waals surface area (Å²) in [6, 6.07) is 0. The van der Waals surface area contributed by atoms with Crippen molar-refractivity contribution in [3.63, 3.8) is 0 Å². The number of rotatable bonds is 2. The van der Waals surface area contributed by atoms with Crippen LogP contribution in [0.1, 0.15) is 12.8 Å². The number of hydrogen-bond donors (Lipinski definition) is 2. The van der Waals surface area contributed by atoms with Crippen molar-refractivity contribution in [1.29, 1.82) is 0 Å².